The van der Waals surface area contributed by atoms with Gasteiger partial charge >= 0.3 is 0 Å². The molecule has 0 aliphatic heterocycles. The molecule has 0 bridgehead atoms. The van der Waals surface area contributed by atoms with Gasteiger partial charge in [0, 0.05) is 11.6 Å². The quantitative estimate of drug-likeness (QED) is 0.857. The number of halogens is 2. The molecule has 0 saturated carbocycles. The minimum Gasteiger partial charge on any atom is -0.323 e. The van der Waals surface area contributed by atoms with Crippen molar-refractivity contribution in [3.05, 3.63) is 34.9 Å². The van der Waals surface area contributed by atoms with Gasteiger partial charge in [0.25, 0.3) is 0 Å². The number of amides is 1. The third-order valence-electron chi connectivity index (χ3n) is 2.76. The molecule has 8 heteroatoms. The molecule has 2 rings (SSSR count). The van der Waals surface area contributed by atoms with Crippen LogP contribution in [-0.4, -0.2) is 26.4 Å². The molecule has 1 aromatic heterocycles. The van der Waals surface area contributed by atoms with Gasteiger partial charge in [0.1, 0.15) is 11.6 Å². The summed E-state index contributed by atoms with van der Waals surface area (Å²) in [6, 6.07) is 4.10. The smallest absolute Gasteiger partial charge is 0.234 e. The third-order valence-corrected chi connectivity index (χ3v) is 3.96. The normalized spacial score (nSPS) is 10.7. The fourth-order valence-electron chi connectivity index (χ4n) is 1.74. The number of aryl methyl sites for hydroxylation is 1. The number of rotatable bonds is 5. The monoisotopic (exact) mass is 328 g/mol. The first kappa shape index (κ1) is 15.8. The fourth-order valence-corrected chi connectivity index (χ4v) is 2.75. The van der Waals surface area contributed by atoms with Crippen LogP contribution in [0.25, 0.3) is 0 Å². The Balaban J connectivity index is 1.96. The molecule has 0 saturated heterocycles. The SMILES string of the molecule is CCn1c(C)nnc1SCC(=O)Nc1ccc(Cl)cc1F. The molecule has 21 heavy (non-hydrogen) atoms. The van der Waals surface area contributed by atoms with Gasteiger partial charge in [-0.05, 0) is 32.0 Å². The number of carbonyl (C=O) groups is 1. The molecule has 0 aliphatic rings. The summed E-state index contributed by atoms with van der Waals surface area (Å²) in [5.74, 6) is 0.0438. The Labute approximate surface area is 130 Å². The number of nitrogens with one attached hydrogen (secondary N) is 1. The van der Waals surface area contributed by atoms with Gasteiger partial charge in [0.05, 0.1) is 11.4 Å². The van der Waals surface area contributed by atoms with E-state index in [1.165, 1.54) is 23.9 Å². The first-order valence-corrected chi connectivity index (χ1v) is 7.65. The average Bonchev–Trinajstić information content (AvgIpc) is 2.80. The lowest BCUT2D eigenvalue weighted by Crippen LogP contribution is -2.15. The number of hydrogen-bond donors (Lipinski definition) is 1. The van der Waals surface area contributed by atoms with E-state index in [0.29, 0.717) is 5.16 Å². The van der Waals surface area contributed by atoms with E-state index in [0.717, 1.165) is 18.4 Å². The van der Waals surface area contributed by atoms with Gasteiger partial charge < -0.3 is 9.88 Å². The second-order valence-electron chi connectivity index (χ2n) is 4.24. The van der Waals surface area contributed by atoms with Crippen molar-refractivity contribution in [3.8, 4) is 0 Å². The molecule has 0 aliphatic carbocycles. The van der Waals surface area contributed by atoms with Crippen LogP contribution in [0.1, 0.15) is 12.7 Å². The molecular weight excluding hydrogens is 315 g/mol. The topological polar surface area (TPSA) is 59.8 Å². The number of thioether (sulfide) groups is 1. The van der Waals surface area contributed by atoms with Crippen LogP contribution < -0.4 is 5.32 Å². The van der Waals surface area contributed by atoms with E-state index in [9.17, 15) is 9.18 Å². The zero-order valence-corrected chi connectivity index (χ0v) is 13.1. The molecule has 1 N–H and O–H groups in total. The van der Waals surface area contributed by atoms with Crippen LogP contribution in [0.3, 0.4) is 0 Å². The zero-order chi connectivity index (χ0) is 15.4. The summed E-state index contributed by atoms with van der Waals surface area (Å²) in [6.07, 6.45) is 0. The lowest BCUT2D eigenvalue weighted by atomic mass is 10.3. The maximum absolute atomic E-state index is 13.6. The summed E-state index contributed by atoms with van der Waals surface area (Å²) < 4.78 is 15.5. The summed E-state index contributed by atoms with van der Waals surface area (Å²) in [4.78, 5) is 11.8. The van der Waals surface area contributed by atoms with Gasteiger partial charge in [-0.3, -0.25) is 4.79 Å². The highest BCUT2D eigenvalue weighted by atomic mass is 35.5. The summed E-state index contributed by atoms with van der Waals surface area (Å²) in [6.45, 7) is 4.56. The van der Waals surface area contributed by atoms with Crippen molar-refractivity contribution in [3.63, 3.8) is 0 Å². The lowest BCUT2D eigenvalue weighted by molar-refractivity contribution is -0.113. The van der Waals surface area contributed by atoms with Gasteiger partial charge in [-0.15, -0.1) is 10.2 Å². The second kappa shape index (κ2) is 6.91. The van der Waals surface area contributed by atoms with Crippen molar-refractivity contribution < 1.29 is 9.18 Å². The highest BCUT2D eigenvalue weighted by molar-refractivity contribution is 7.99. The molecule has 0 fully saturated rings. The summed E-state index contributed by atoms with van der Waals surface area (Å²) in [5, 5.41) is 11.4. The van der Waals surface area contributed by atoms with Crippen LogP contribution in [0.4, 0.5) is 10.1 Å². The average molecular weight is 329 g/mol. The summed E-state index contributed by atoms with van der Waals surface area (Å²) in [7, 11) is 0. The molecule has 0 spiro atoms. The van der Waals surface area contributed by atoms with E-state index in [-0.39, 0.29) is 22.4 Å². The molecule has 5 nitrogen and oxygen atoms in total. The second-order valence-corrected chi connectivity index (χ2v) is 5.61. The van der Waals surface area contributed by atoms with Gasteiger partial charge in [-0.2, -0.15) is 0 Å². The van der Waals surface area contributed by atoms with Crippen LogP contribution in [0.15, 0.2) is 23.4 Å². The maximum atomic E-state index is 13.6. The Bertz CT molecular complexity index is 662. The predicted octanol–water partition coefficient (Wildman–Crippen LogP) is 3.13. The van der Waals surface area contributed by atoms with Gasteiger partial charge in [0.2, 0.25) is 5.91 Å². The van der Waals surface area contributed by atoms with Crippen LogP contribution >= 0.6 is 23.4 Å². The molecule has 1 amide bonds. The fraction of sp³-hybridized carbons (Fsp3) is 0.308. The van der Waals surface area contributed by atoms with Crippen LogP contribution in [0.2, 0.25) is 5.02 Å². The van der Waals surface area contributed by atoms with E-state index in [2.05, 4.69) is 15.5 Å². The molecular formula is C13H14ClFN4OS. The molecule has 1 aromatic carbocycles. The van der Waals surface area contributed by atoms with Crippen LogP contribution in [0.5, 0.6) is 0 Å². The first-order valence-electron chi connectivity index (χ1n) is 6.28. The Morgan fingerprint density at radius 2 is 2.24 bits per heavy atom. The number of benzene rings is 1. The number of nitrogens with zero attached hydrogens (tertiary/aromatic N) is 3. The Kier molecular flexibility index (Phi) is 5.19. The minimum atomic E-state index is -0.562. The van der Waals surface area contributed by atoms with E-state index < -0.39 is 5.82 Å². The zero-order valence-electron chi connectivity index (χ0n) is 11.6. The summed E-state index contributed by atoms with van der Waals surface area (Å²) in [5.41, 5.74) is 0.109. The van der Waals surface area contributed by atoms with E-state index >= 15 is 0 Å². The highest BCUT2D eigenvalue weighted by Crippen LogP contribution is 2.20. The van der Waals surface area contributed by atoms with E-state index in [1.54, 1.807) is 0 Å². The van der Waals surface area contributed by atoms with Crippen molar-refractivity contribution >= 4 is 35.0 Å². The number of aromatic nitrogens is 3. The van der Waals surface area contributed by atoms with Crippen molar-refractivity contribution in [2.45, 2.75) is 25.5 Å². The summed E-state index contributed by atoms with van der Waals surface area (Å²) >= 11 is 6.91. The van der Waals surface area contributed by atoms with Crippen molar-refractivity contribution in [1.29, 1.82) is 0 Å². The number of hydrogen-bond acceptors (Lipinski definition) is 4. The maximum Gasteiger partial charge on any atom is 0.234 e. The van der Waals surface area contributed by atoms with Crippen LogP contribution in [0, 0.1) is 12.7 Å². The molecule has 1 heterocycles. The molecule has 0 unspecified atom stereocenters. The lowest BCUT2D eigenvalue weighted by Gasteiger charge is -2.07. The number of anilines is 1. The molecule has 2 aromatic rings. The van der Waals surface area contributed by atoms with Gasteiger partial charge in [-0.1, -0.05) is 23.4 Å². The van der Waals surface area contributed by atoms with Crippen LogP contribution in [-0.2, 0) is 11.3 Å². The first-order chi connectivity index (χ1) is 10.0. The Morgan fingerprint density at radius 3 is 2.90 bits per heavy atom. The van der Waals surface area contributed by atoms with E-state index in [1.807, 2.05) is 18.4 Å². The minimum absolute atomic E-state index is 0.109. The standard InChI is InChI=1S/C13H14ClFN4OS/c1-3-19-8(2)17-18-13(19)21-7-12(20)16-11-5-4-9(14)6-10(11)15/h4-6H,3,7H2,1-2H3,(H,16,20). The van der Waals surface area contributed by atoms with Crippen molar-refractivity contribution in [1.82, 2.24) is 14.8 Å². The third kappa shape index (κ3) is 3.95. The Morgan fingerprint density at radius 1 is 1.48 bits per heavy atom. The Hall–Kier alpha value is -1.60. The predicted molar refractivity (Wildman–Crippen MR) is 81.2 cm³/mol. The molecule has 0 atom stereocenters. The number of carbonyl (C=O) groups excluding carboxylic acids is 1. The van der Waals surface area contributed by atoms with Crippen molar-refractivity contribution in [2.75, 3.05) is 11.1 Å². The molecule has 0 radical (unpaired) electrons. The largest absolute Gasteiger partial charge is 0.323 e. The van der Waals surface area contributed by atoms with Crippen molar-refractivity contribution in [2.24, 2.45) is 0 Å². The van der Waals surface area contributed by atoms with Gasteiger partial charge in [0.15, 0.2) is 5.16 Å². The highest BCUT2D eigenvalue weighted by Gasteiger charge is 2.12. The molecule has 112 valence electrons. The van der Waals surface area contributed by atoms with E-state index in [4.69, 9.17) is 11.6 Å². The van der Waals surface area contributed by atoms with Gasteiger partial charge in [-0.25, -0.2) is 4.39 Å².